The number of thioether (sulfide) groups is 1. The number of hydrogen-bond acceptors (Lipinski definition) is 3. The van der Waals surface area contributed by atoms with Gasteiger partial charge in [0, 0.05) is 12.5 Å². The van der Waals surface area contributed by atoms with Crippen LogP contribution in [-0.4, -0.2) is 35.4 Å². The van der Waals surface area contributed by atoms with Crippen LogP contribution in [0.25, 0.3) is 0 Å². The highest BCUT2D eigenvalue weighted by atomic mass is 32.2. The molecule has 16 heavy (non-hydrogen) atoms. The van der Waals surface area contributed by atoms with Crippen molar-refractivity contribution in [2.24, 2.45) is 0 Å². The fourth-order valence-corrected chi connectivity index (χ4v) is 2.44. The normalized spacial score (nSPS) is 21.6. The Morgan fingerprint density at radius 1 is 1.69 bits per heavy atom. The van der Waals surface area contributed by atoms with Crippen LogP contribution in [0.15, 0.2) is 0 Å². The van der Waals surface area contributed by atoms with E-state index in [0.29, 0.717) is 12.8 Å². The molecule has 0 aromatic carbocycles. The predicted octanol–water partition coefficient (Wildman–Crippen LogP) is 0.913. The van der Waals surface area contributed by atoms with Crippen molar-refractivity contribution in [2.75, 3.05) is 11.5 Å². The Bertz CT molecular complexity index is 258. The van der Waals surface area contributed by atoms with Crippen molar-refractivity contribution < 1.29 is 9.59 Å². The van der Waals surface area contributed by atoms with E-state index in [2.05, 4.69) is 17.6 Å². The zero-order valence-corrected chi connectivity index (χ0v) is 10.7. The molecule has 1 rings (SSSR count). The summed E-state index contributed by atoms with van der Waals surface area (Å²) in [4.78, 5) is 22.7. The fourth-order valence-electron chi connectivity index (χ4n) is 1.63. The fraction of sp³-hybridized carbons (Fsp3) is 0.818. The predicted molar refractivity (Wildman–Crippen MR) is 66.4 cm³/mol. The lowest BCUT2D eigenvalue weighted by Crippen LogP contribution is -2.45. The van der Waals surface area contributed by atoms with Crippen LogP contribution < -0.4 is 10.6 Å². The van der Waals surface area contributed by atoms with Crippen LogP contribution in [0, 0.1) is 0 Å². The minimum absolute atomic E-state index is 0.0191. The minimum Gasteiger partial charge on any atom is -0.352 e. The van der Waals surface area contributed by atoms with Crippen molar-refractivity contribution in [3.8, 4) is 0 Å². The van der Waals surface area contributed by atoms with E-state index in [4.69, 9.17) is 0 Å². The molecular formula is C11H20N2O2S. The third kappa shape index (κ3) is 4.43. The van der Waals surface area contributed by atoms with Gasteiger partial charge in [0.1, 0.15) is 6.04 Å². The van der Waals surface area contributed by atoms with Crippen LogP contribution in [0.2, 0.25) is 0 Å². The molecule has 1 aliphatic rings. The van der Waals surface area contributed by atoms with E-state index in [1.807, 2.05) is 18.7 Å². The maximum Gasteiger partial charge on any atom is 0.242 e. The van der Waals surface area contributed by atoms with Crippen molar-refractivity contribution in [3.63, 3.8) is 0 Å². The molecule has 0 radical (unpaired) electrons. The van der Waals surface area contributed by atoms with E-state index in [1.54, 1.807) is 0 Å². The first kappa shape index (κ1) is 13.4. The summed E-state index contributed by atoms with van der Waals surface area (Å²) in [7, 11) is 0. The molecule has 92 valence electrons. The van der Waals surface area contributed by atoms with E-state index < -0.39 is 0 Å². The Hall–Kier alpha value is -0.710. The van der Waals surface area contributed by atoms with Gasteiger partial charge in [0.2, 0.25) is 11.8 Å². The van der Waals surface area contributed by atoms with Gasteiger partial charge in [0.05, 0.1) is 0 Å². The van der Waals surface area contributed by atoms with Crippen molar-refractivity contribution in [2.45, 2.75) is 45.2 Å². The third-order valence-corrected chi connectivity index (χ3v) is 3.53. The second kappa shape index (κ2) is 6.78. The average molecular weight is 244 g/mol. The molecule has 0 aromatic rings. The molecule has 0 aromatic heterocycles. The summed E-state index contributed by atoms with van der Waals surface area (Å²) in [6.07, 6.45) is 2.07. The molecule has 4 nitrogen and oxygen atoms in total. The van der Waals surface area contributed by atoms with E-state index in [1.165, 1.54) is 0 Å². The van der Waals surface area contributed by atoms with Gasteiger partial charge in [-0.25, -0.2) is 0 Å². The zero-order chi connectivity index (χ0) is 12.0. The standard InChI is InChI=1S/C11H20N2O2S/c1-3-16-7-6-8(2)12-11(15)9-4-5-10(14)13-9/h8-9H,3-7H2,1-2H3,(H,12,15)(H,13,14)/t8-,9-/m1/s1. The second-order valence-electron chi connectivity index (χ2n) is 4.05. The minimum atomic E-state index is -0.311. The number of rotatable bonds is 6. The number of amides is 2. The van der Waals surface area contributed by atoms with Gasteiger partial charge >= 0.3 is 0 Å². The first-order valence-electron chi connectivity index (χ1n) is 5.81. The van der Waals surface area contributed by atoms with Gasteiger partial charge < -0.3 is 10.6 Å². The van der Waals surface area contributed by atoms with Crippen LogP contribution in [0.5, 0.6) is 0 Å². The molecule has 0 saturated carbocycles. The lowest BCUT2D eigenvalue weighted by Gasteiger charge is -2.16. The molecule has 2 N–H and O–H groups in total. The van der Waals surface area contributed by atoms with Gasteiger partial charge in [-0.05, 0) is 31.3 Å². The van der Waals surface area contributed by atoms with Crippen molar-refractivity contribution in [1.29, 1.82) is 0 Å². The lowest BCUT2D eigenvalue weighted by molar-refractivity contribution is -0.126. The Kier molecular flexibility index (Phi) is 5.66. The van der Waals surface area contributed by atoms with E-state index in [0.717, 1.165) is 17.9 Å². The highest BCUT2D eigenvalue weighted by Crippen LogP contribution is 2.08. The number of carbonyl (C=O) groups is 2. The van der Waals surface area contributed by atoms with Crippen molar-refractivity contribution in [1.82, 2.24) is 10.6 Å². The highest BCUT2D eigenvalue weighted by Gasteiger charge is 2.27. The summed E-state index contributed by atoms with van der Waals surface area (Å²) in [5, 5.41) is 5.60. The van der Waals surface area contributed by atoms with Gasteiger partial charge in [-0.3, -0.25) is 9.59 Å². The summed E-state index contributed by atoms with van der Waals surface area (Å²) in [5.74, 6) is 2.11. The molecular weight excluding hydrogens is 224 g/mol. The number of carbonyl (C=O) groups excluding carboxylic acids is 2. The molecule has 0 bridgehead atoms. The molecule has 1 saturated heterocycles. The average Bonchev–Trinajstić information content (AvgIpc) is 2.65. The van der Waals surface area contributed by atoms with Crippen molar-refractivity contribution in [3.05, 3.63) is 0 Å². The molecule has 1 heterocycles. The number of hydrogen-bond donors (Lipinski definition) is 2. The Labute approximate surface area is 101 Å². The summed E-state index contributed by atoms with van der Waals surface area (Å²) >= 11 is 1.88. The van der Waals surface area contributed by atoms with Gasteiger partial charge in [0.15, 0.2) is 0 Å². The first-order chi connectivity index (χ1) is 7.63. The molecule has 2 atom stereocenters. The monoisotopic (exact) mass is 244 g/mol. The van der Waals surface area contributed by atoms with Crippen LogP contribution >= 0.6 is 11.8 Å². The maximum atomic E-state index is 11.7. The topological polar surface area (TPSA) is 58.2 Å². The Balaban J connectivity index is 2.20. The van der Waals surface area contributed by atoms with Gasteiger partial charge in [-0.1, -0.05) is 6.92 Å². The first-order valence-corrected chi connectivity index (χ1v) is 6.96. The summed E-state index contributed by atoms with van der Waals surface area (Å²) in [5.41, 5.74) is 0. The van der Waals surface area contributed by atoms with Crippen LogP contribution in [0.4, 0.5) is 0 Å². The molecule has 1 aliphatic heterocycles. The second-order valence-corrected chi connectivity index (χ2v) is 5.45. The van der Waals surface area contributed by atoms with Gasteiger partial charge in [0.25, 0.3) is 0 Å². The zero-order valence-electron chi connectivity index (χ0n) is 9.91. The van der Waals surface area contributed by atoms with Crippen LogP contribution in [0.1, 0.15) is 33.1 Å². The molecule has 5 heteroatoms. The SMILES string of the molecule is CCSCC[C@@H](C)NC(=O)[C@H]1CCC(=O)N1. The largest absolute Gasteiger partial charge is 0.352 e. The van der Waals surface area contributed by atoms with Gasteiger partial charge in [-0.15, -0.1) is 0 Å². The van der Waals surface area contributed by atoms with E-state index >= 15 is 0 Å². The number of nitrogens with one attached hydrogen (secondary N) is 2. The molecule has 0 spiro atoms. The summed E-state index contributed by atoms with van der Waals surface area (Å²) in [6, 6.07) is -0.127. The summed E-state index contributed by atoms with van der Waals surface area (Å²) in [6.45, 7) is 4.13. The highest BCUT2D eigenvalue weighted by molar-refractivity contribution is 7.99. The summed E-state index contributed by atoms with van der Waals surface area (Å²) < 4.78 is 0. The van der Waals surface area contributed by atoms with Crippen LogP contribution in [0.3, 0.4) is 0 Å². The molecule has 0 aliphatic carbocycles. The quantitative estimate of drug-likeness (QED) is 0.683. The van der Waals surface area contributed by atoms with Gasteiger partial charge in [-0.2, -0.15) is 11.8 Å². The lowest BCUT2D eigenvalue weighted by atomic mass is 10.2. The molecule has 0 unspecified atom stereocenters. The Morgan fingerprint density at radius 2 is 2.44 bits per heavy atom. The smallest absolute Gasteiger partial charge is 0.242 e. The Morgan fingerprint density at radius 3 is 3.00 bits per heavy atom. The van der Waals surface area contributed by atoms with E-state index in [9.17, 15) is 9.59 Å². The molecule has 2 amide bonds. The van der Waals surface area contributed by atoms with E-state index in [-0.39, 0.29) is 23.9 Å². The third-order valence-electron chi connectivity index (χ3n) is 2.60. The molecule has 1 fully saturated rings. The van der Waals surface area contributed by atoms with Crippen molar-refractivity contribution >= 4 is 23.6 Å². The van der Waals surface area contributed by atoms with Crippen LogP contribution in [-0.2, 0) is 9.59 Å². The maximum absolute atomic E-state index is 11.7.